The second kappa shape index (κ2) is 33.3. The minimum absolute atomic E-state index is 0.0680. The molecular formula is C40H76O6. The van der Waals surface area contributed by atoms with Crippen molar-refractivity contribution in [2.24, 2.45) is 11.8 Å². The van der Waals surface area contributed by atoms with Crippen LogP contribution >= 0.6 is 0 Å². The number of hydrogen-bond acceptors (Lipinski definition) is 6. The number of ether oxygens (including phenoxy) is 3. The molecule has 0 aliphatic carbocycles. The van der Waals surface area contributed by atoms with Gasteiger partial charge in [-0.1, -0.05) is 169 Å². The van der Waals surface area contributed by atoms with E-state index < -0.39 is 6.10 Å². The molecule has 0 saturated heterocycles. The Labute approximate surface area is 285 Å². The van der Waals surface area contributed by atoms with Crippen LogP contribution in [0.25, 0.3) is 0 Å². The van der Waals surface area contributed by atoms with E-state index in [0.717, 1.165) is 76.0 Å². The highest BCUT2D eigenvalue weighted by molar-refractivity contribution is 5.71. The van der Waals surface area contributed by atoms with Crippen molar-refractivity contribution < 1.29 is 28.6 Å². The summed E-state index contributed by atoms with van der Waals surface area (Å²) in [5.74, 6) is 0.750. The number of hydrogen-bond donors (Lipinski definition) is 0. The second-order valence-corrected chi connectivity index (χ2v) is 14.3. The van der Waals surface area contributed by atoms with Crippen molar-refractivity contribution in [2.45, 2.75) is 214 Å². The summed E-state index contributed by atoms with van der Waals surface area (Å²) >= 11 is 0. The van der Waals surface area contributed by atoms with Crippen LogP contribution in [-0.2, 0) is 28.6 Å². The second-order valence-electron chi connectivity index (χ2n) is 14.3. The van der Waals surface area contributed by atoms with Crippen molar-refractivity contribution >= 4 is 17.9 Å². The summed E-state index contributed by atoms with van der Waals surface area (Å²) in [6, 6.07) is 0. The first kappa shape index (κ1) is 44.4. The Hall–Kier alpha value is -1.59. The average Bonchev–Trinajstić information content (AvgIpc) is 3.03. The average molecular weight is 653 g/mol. The molecule has 0 N–H and O–H groups in total. The van der Waals surface area contributed by atoms with Gasteiger partial charge in [0.15, 0.2) is 6.10 Å². The zero-order valence-corrected chi connectivity index (χ0v) is 31.2. The van der Waals surface area contributed by atoms with E-state index in [1.807, 2.05) is 0 Å². The first-order valence-electron chi connectivity index (χ1n) is 19.8. The highest BCUT2D eigenvalue weighted by Crippen LogP contribution is 2.16. The largest absolute Gasteiger partial charge is 0.462 e. The molecule has 6 nitrogen and oxygen atoms in total. The van der Waals surface area contributed by atoms with E-state index >= 15 is 0 Å². The lowest BCUT2D eigenvalue weighted by Crippen LogP contribution is -2.30. The van der Waals surface area contributed by atoms with Gasteiger partial charge in [-0.15, -0.1) is 0 Å². The summed E-state index contributed by atoms with van der Waals surface area (Å²) < 4.78 is 16.5. The first-order valence-corrected chi connectivity index (χ1v) is 19.8. The van der Waals surface area contributed by atoms with E-state index in [2.05, 4.69) is 34.6 Å². The molecule has 46 heavy (non-hydrogen) atoms. The molecule has 0 amide bonds. The van der Waals surface area contributed by atoms with E-state index in [4.69, 9.17) is 14.2 Å². The van der Waals surface area contributed by atoms with Crippen molar-refractivity contribution in [3.05, 3.63) is 0 Å². The van der Waals surface area contributed by atoms with Gasteiger partial charge in [-0.2, -0.15) is 0 Å². The van der Waals surface area contributed by atoms with Gasteiger partial charge in [-0.3, -0.25) is 14.4 Å². The normalized spacial score (nSPS) is 12.7. The number of rotatable bonds is 34. The molecule has 0 aromatic carbocycles. The van der Waals surface area contributed by atoms with Crippen LogP contribution < -0.4 is 0 Å². The van der Waals surface area contributed by atoms with Gasteiger partial charge in [0.2, 0.25) is 0 Å². The molecule has 0 aromatic rings. The quantitative estimate of drug-likeness (QED) is 0.0391. The Morgan fingerprint density at radius 3 is 1.24 bits per heavy atom. The molecule has 0 saturated carbocycles. The summed E-state index contributed by atoms with van der Waals surface area (Å²) in [7, 11) is 0. The van der Waals surface area contributed by atoms with Gasteiger partial charge >= 0.3 is 17.9 Å². The number of carbonyl (C=O) groups excluding carboxylic acids is 3. The molecule has 0 aliphatic rings. The van der Waals surface area contributed by atoms with Crippen LogP contribution in [-0.4, -0.2) is 37.2 Å². The van der Waals surface area contributed by atoms with Crippen molar-refractivity contribution in [1.82, 2.24) is 0 Å². The fourth-order valence-corrected chi connectivity index (χ4v) is 5.66. The van der Waals surface area contributed by atoms with Gasteiger partial charge in [-0.05, 0) is 31.1 Å². The van der Waals surface area contributed by atoms with E-state index in [-0.39, 0.29) is 31.1 Å². The van der Waals surface area contributed by atoms with E-state index in [9.17, 15) is 14.4 Å². The van der Waals surface area contributed by atoms with Crippen LogP contribution in [0, 0.1) is 11.8 Å². The van der Waals surface area contributed by atoms with Gasteiger partial charge in [0.05, 0.1) is 0 Å². The molecule has 0 spiro atoms. The van der Waals surface area contributed by atoms with E-state index in [1.165, 1.54) is 89.9 Å². The maximum Gasteiger partial charge on any atom is 0.306 e. The molecule has 272 valence electrons. The SMILES string of the molecule is CCCCCCCC(=O)O[C@@H](COC(=O)CCCCCCCCCCCCC(C)C)COC(=O)CCCCCCCCC(C)CC. The number of unbranched alkanes of at least 4 members (excludes halogenated alkanes) is 18. The summed E-state index contributed by atoms with van der Waals surface area (Å²) in [4.78, 5) is 37.2. The minimum Gasteiger partial charge on any atom is -0.462 e. The summed E-state index contributed by atoms with van der Waals surface area (Å²) in [6.07, 6.45) is 28.3. The lowest BCUT2D eigenvalue weighted by molar-refractivity contribution is -0.167. The lowest BCUT2D eigenvalue weighted by Gasteiger charge is -2.18. The maximum absolute atomic E-state index is 12.5. The third-order valence-electron chi connectivity index (χ3n) is 9.08. The topological polar surface area (TPSA) is 78.9 Å². The zero-order valence-electron chi connectivity index (χ0n) is 31.2. The van der Waals surface area contributed by atoms with Crippen molar-refractivity contribution in [3.8, 4) is 0 Å². The maximum atomic E-state index is 12.5. The molecule has 0 aromatic heterocycles. The molecule has 6 heteroatoms. The van der Waals surface area contributed by atoms with Crippen molar-refractivity contribution in [1.29, 1.82) is 0 Å². The Balaban J connectivity index is 4.23. The van der Waals surface area contributed by atoms with Crippen LogP contribution in [0.2, 0.25) is 0 Å². The van der Waals surface area contributed by atoms with Crippen molar-refractivity contribution in [2.75, 3.05) is 13.2 Å². The smallest absolute Gasteiger partial charge is 0.306 e. The molecule has 0 aliphatic heterocycles. The number of esters is 3. The van der Waals surface area contributed by atoms with Crippen LogP contribution in [0.3, 0.4) is 0 Å². The molecule has 0 fully saturated rings. The molecule has 0 bridgehead atoms. The van der Waals surface area contributed by atoms with Gasteiger partial charge in [0, 0.05) is 19.3 Å². The minimum atomic E-state index is -0.757. The predicted octanol–water partition coefficient (Wildman–Crippen LogP) is 11.8. The van der Waals surface area contributed by atoms with Gasteiger partial charge < -0.3 is 14.2 Å². The molecule has 0 rings (SSSR count). The van der Waals surface area contributed by atoms with Crippen LogP contribution in [0.1, 0.15) is 208 Å². The Bertz CT molecular complexity index is 706. The summed E-state index contributed by atoms with van der Waals surface area (Å²) in [6.45, 7) is 11.2. The zero-order chi connectivity index (χ0) is 34.1. The molecule has 0 heterocycles. The van der Waals surface area contributed by atoms with Gasteiger partial charge in [-0.25, -0.2) is 0 Å². The molecule has 0 radical (unpaired) electrons. The number of carbonyl (C=O) groups is 3. The van der Waals surface area contributed by atoms with Crippen LogP contribution in [0.5, 0.6) is 0 Å². The fraction of sp³-hybridized carbons (Fsp3) is 0.925. The summed E-state index contributed by atoms with van der Waals surface area (Å²) in [5, 5.41) is 0. The molecule has 1 unspecified atom stereocenters. The van der Waals surface area contributed by atoms with Gasteiger partial charge in [0.1, 0.15) is 13.2 Å². The summed E-state index contributed by atoms with van der Waals surface area (Å²) in [5.41, 5.74) is 0. The van der Waals surface area contributed by atoms with Gasteiger partial charge in [0.25, 0.3) is 0 Å². The Morgan fingerprint density at radius 1 is 0.457 bits per heavy atom. The van der Waals surface area contributed by atoms with Crippen LogP contribution in [0.4, 0.5) is 0 Å². The van der Waals surface area contributed by atoms with Crippen LogP contribution in [0.15, 0.2) is 0 Å². The Morgan fingerprint density at radius 2 is 0.826 bits per heavy atom. The standard InChI is InChI=1S/C40H76O6/c1-6-8-9-18-27-32-40(43)46-37(34-45-39(42)31-26-22-17-16-20-24-29-36(5)7-2)33-44-38(41)30-25-21-15-13-11-10-12-14-19-23-28-35(3)4/h35-37H,6-34H2,1-5H3/t36?,37-/m0/s1. The van der Waals surface area contributed by atoms with Crippen molar-refractivity contribution in [3.63, 3.8) is 0 Å². The molecular weight excluding hydrogens is 576 g/mol. The third-order valence-corrected chi connectivity index (χ3v) is 9.08. The highest BCUT2D eigenvalue weighted by Gasteiger charge is 2.19. The fourth-order valence-electron chi connectivity index (χ4n) is 5.66. The predicted molar refractivity (Wildman–Crippen MR) is 192 cm³/mol. The third kappa shape index (κ3) is 32.4. The van der Waals surface area contributed by atoms with E-state index in [1.54, 1.807) is 0 Å². The first-order chi connectivity index (χ1) is 22.3. The highest BCUT2D eigenvalue weighted by atomic mass is 16.6. The lowest BCUT2D eigenvalue weighted by atomic mass is 10.00. The monoisotopic (exact) mass is 653 g/mol. The van der Waals surface area contributed by atoms with E-state index in [0.29, 0.717) is 19.3 Å². The molecule has 2 atom stereocenters. The Kier molecular flexibility index (Phi) is 32.2.